The monoisotopic (exact) mass is 155 g/mol. The van der Waals surface area contributed by atoms with E-state index >= 15 is 0 Å². The van der Waals surface area contributed by atoms with Gasteiger partial charge in [0.25, 0.3) is 0 Å². The molecule has 1 saturated heterocycles. The van der Waals surface area contributed by atoms with Crippen LogP contribution in [0.2, 0.25) is 0 Å². The van der Waals surface area contributed by atoms with Crippen LogP contribution in [0.5, 0.6) is 0 Å². The zero-order valence-corrected chi connectivity index (χ0v) is 7.01. The van der Waals surface area contributed by atoms with Crippen molar-refractivity contribution in [2.45, 2.75) is 25.7 Å². The van der Waals surface area contributed by atoms with Crippen LogP contribution in [0.25, 0.3) is 0 Å². The second-order valence-corrected chi connectivity index (χ2v) is 3.98. The Hall–Kier alpha value is -0.0800. The zero-order valence-electron chi connectivity index (χ0n) is 7.01. The highest BCUT2D eigenvalue weighted by atomic mass is 16.5. The highest BCUT2D eigenvalue weighted by Crippen LogP contribution is 2.53. The molecule has 1 aliphatic carbocycles. The van der Waals surface area contributed by atoms with Crippen LogP contribution in [-0.4, -0.2) is 19.8 Å². The summed E-state index contributed by atoms with van der Waals surface area (Å²) in [6, 6.07) is 0. The molecule has 1 aliphatic heterocycles. The van der Waals surface area contributed by atoms with Crippen molar-refractivity contribution < 1.29 is 4.74 Å². The predicted molar refractivity (Wildman–Crippen MR) is 44.3 cm³/mol. The Bertz CT molecular complexity index is 136. The number of rotatable bonds is 2. The summed E-state index contributed by atoms with van der Waals surface area (Å²) in [5.41, 5.74) is 6.26. The number of nitrogens with two attached hydrogens (primary N) is 1. The Morgan fingerprint density at radius 2 is 2.27 bits per heavy atom. The summed E-state index contributed by atoms with van der Waals surface area (Å²) in [5, 5.41) is 0. The maximum atomic E-state index is 5.74. The highest BCUT2D eigenvalue weighted by molar-refractivity contribution is 4.99. The lowest BCUT2D eigenvalue weighted by atomic mass is 9.85. The van der Waals surface area contributed by atoms with Crippen LogP contribution in [-0.2, 0) is 4.74 Å². The molecule has 2 fully saturated rings. The van der Waals surface area contributed by atoms with Crippen molar-refractivity contribution in [2.75, 3.05) is 19.8 Å². The minimum Gasteiger partial charge on any atom is -0.381 e. The Balaban J connectivity index is 1.92. The lowest BCUT2D eigenvalue weighted by Crippen LogP contribution is -2.31. The first-order valence-electron chi connectivity index (χ1n) is 4.65. The van der Waals surface area contributed by atoms with E-state index in [0.29, 0.717) is 5.41 Å². The van der Waals surface area contributed by atoms with E-state index in [1.165, 1.54) is 25.7 Å². The van der Waals surface area contributed by atoms with Gasteiger partial charge in [0.1, 0.15) is 0 Å². The molecule has 64 valence electrons. The average molecular weight is 155 g/mol. The van der Waals surface area contributed by atoms with E-state index in [-0.39, 0.29) is 0 Å². The fourth-order valence-corrected chi connectivity index (χ4v) is 2.16. The Labute approximate surface area is 68.1 Å². The summed E-state index contributed by atoms with van der Waals surface area (Å²) < 4.78 is 5.45. The van der Waals surface area contributed by atoms with E-state index < -0.39 is 0 Å². The maximum absolute atomic E-state index is 5.74. The van der Waals surface area contributed by atoms with Crippen molar-refractivity contribution in [3.8, 4) is 0 Å². The molecule has 0 radical (unpaired) electrons. The SMILES string of the molecule is NCC1(C2CCCOC2)CC1. The molecule has 0 aromatic rings. The minimum absolute atomic E-state index is 0.514. The molecule has 2 aliphatic rings. The summed E-state index contributed by atoms with van der Waals surface area (Å²) in [7, 11) is 0. The molecule has 0 bridgehead atoms. The van der Waals surface area contributed by atoms with E-state index in [0.717, 1.165) is 25.7 Å². The van der Waals surface area contributed by atoms with Crippen LogP contribution in [0, 0.1) is 11.3 Å². The van der Waals surface area contributed by atoms with Gasteiger partial charge in [0.2, 0.25) is 0 Å². The smallest absolute Gasteiger partial charge is 0.0500 e. The van der Waals surface area contributed by atoms with Crippen LogP contribution in [0.15, 0.2) is 0 Å². The van der Waals surface area contributed by atoms with Crippen molar-refractivity contribution in [2.24, 2.45) is 17.1 Å². The summed E-state index contributed by atoms with van der Waals surface area (Å²) >= 11 is 0. The summed E-state index contributed by atoms with van der Waals surface area (Å²) in [4.78, 5) is 0. The highest BCUT2D eigenvalue weighted by Gasteiger charge is 2.48. The quantitative estimate of drug-likeness (QED) is 0.649. The first kappa shape index (κ1) is 7.56. The van der Waals surface area contributed by atoms with Crippen LogP contribution in [0.3, 0.4) is 0 Å². The normalized spacial score (nSPS) is 35.2. The third-order valence-corrected chi connectivity index (χ3v) is 3.33. The van der Waals surface area contributed by atoms with Crippen molar-refractivity contribution in [3.63, 3.8) is 0 Å². The lowest BCUT2D eigenvalue weighted by Gasteiger charge is -2.29. The van der Waals surface area contributed by atoms with Crippen LogP contribution < -0.4 is 5.73 Å². The summed E-state index contributed by atoms with van der Waals surface area (Å²) in [6.45, 7) is 2.81. The Kier molecular flexibility index (Phi) is 1.90. The minimum atomic E-state index is 0.514. The van der Waals surface area contributed by atoms with Gasteiger partial charge in [-0.05, 0) is 43.6 Å². The van der Waals surface area contributed by atoms with Crippen LogP contribution in [0.1, 0.15) is 25.7 Å². The molecule has 2 nitrogen and oxygen atoms in total. The van der Waals surface area contributed by atoms with Gasteiger partial charge in [-0.3, -0.25) is 0 Å². The van der Waals surface area contributed by atoms with Gasteiger partial charge in [-0.1, -0.05) is 0 Å². The molecule has 1 unspecified atom stereocenters. The van der Waals surface area contributed by atoms with E-state index in [9.17, 15) is 0 Å². The molecular formula is C9H17NO. The molecular weight excluding hydrogens is 138 g/mol. The van der Waals surface area contributed by atoms with Crippen LogP contribution in [0.4, 0.5) is 0 Å². The summed E-state index contributed by atoms with van der Waals surface area (Å²) in [6.07, 6.45) is 5.28. The third-order valence-electron chi connectivity index (χ3n) is 3.33. The van der Waals surface area contributed by atoms with Gasteiger partial charge in [-0.15, -0.1) is 0 Å². The lowest BCUT2D eigenvalue weighted by molar-refractivity contribution is 0.0257. The van der Waals surface area contributed by atoms with Crippen molar-refractivity contribution in [3.05, 3.63) is 0 Å². The van der Waals surface area contributed by atoms with E-state index in [1.54, 1.807) is 0 Å². The molecule has 11 heavy (non-hydrogen) atoms. The summed E-state index contributed by atoms with van der Waals surface area (Å²) in [5.74, 6) is 0.779. The standard InChI is InChI=1S/C9H17NO/c10-7-9(3-4-9)8-2-1-5-11-6-8/h8H,1-7,10H2. The molecule has 0 amide bonds. The van der Waals surface area contributed by atoms with Crippen molar-refractivity contribution in [1.29, 1.82) is 0 Å². The fourth-order valence-electron chi connectivity index (χ4n) is 2.16. The molecule has 2 rings (SSSR count). The van der Waals surface area contributed by atoms with Crippen molar-refractivity contribution >= 4 is 0 Å². The number of ether oxygens (including phenoxy) is 1. The fraction of sp³-hybridized carbons (Fsp3) is 1.00. The van der Waals surface area contributed by atoms with E-state index in [2.05, 4.69) is 0 Å². The molecule has 1 heterocycles. The molecule has 0 aromatic heterocycles. The second-order valence-electron chi connectivity index (χ2n) is 3.98. The molecule has 2 N–H and O–H groups in total. The zero-order chi connectivity index (χ0) is 7.73. The van der Waals surface area contributed by atoms with Crippen molar-refractivity contribution in [1.82, 2.24) is 0 Å². The first-order chi connectivity index (χ1) is 5.37. The van der Waals surface area contributed by atoms with Crippen LogP contribution >= 0.6 is 0 Å². The van der Waals surface area contributed by atoms with Gasteiger partial charge in [-0.2, -0.15) is 0 Å². The van der Waals surface area contributed by atoms with Gasteiger partial charge in [0.15, 0.2) is 0 Å². The van der Waals surface area contributed by atoms with Gasteiger partial charge in [-0.25, -0.2) is 0 Å². The molecule has 1 saturated carbocycles. The van der Waals surface area contributed by atoms with Gasteiger partial charge < -0.3 is 10.5 Å². The third kappa shape index (κ3) is 1.30. The molecule has 2 heteroatoms. The van der Waals surface area contributed by atoms with Gasteiger partial charge in [0.05, 0.1) is 0 Å². The first-order valence-corrected chi connectivity index (χ1v) is 4.65. The predicted octanol–water partition coefficient (Wildman–Crippen LogP) is 1.15. The van der Waals surface area contributed by atoms with E-state index in [1.807, 2.05) is 0 Å². The second kappa shape index (κ2) is 2.76. The molecule has 0 spiro atoms. The number of hydrogen-bond acceptors (Lipinski definition) is 2. The average Bonchev–Trinajstić information content (AvgIpc) is 2.86. The number of hydrogen-bond donors (Lipinski definition) is 1. The Morgan fingerprint density at radius 3 is 2.73 bits per heavy atom. The topological polar surface area (TPSA) is 35.2 Å². The molecule has 0 aromatic carbocycles. The maximum Gasteiger partial charge on any atom is 0.0500 e. The Morgan fingerprint density at radius 1 is 1.45 bits per heavy atom. The van der Waals surface area contributed by atoms with E-state index in [4.69, 9.17) is 10.5 Å². The molecule has 1 atom stereocenters. The van der Waals surface area contributed by atoms with Gasteiger partial charge in [0, 0.05) is 13.2 Å². The largest absolute Gasteiger partial charge is 0.381 e. The van der Waals surface area contributed by atoms with Gasteiger partial charge >= 0.3 is 0 Å².